The maximum atomic E-state index is 12.8. The van der Waals surface area contributed by atoms with E-state index < -0.39 is 0 Å². The molecule has 0 radical (unpaired) electrons. The van der Waals surface area contributed by atoms with Gasteiger partial charge < -0.3 is 16.4 Å². The van der Waals surface area contributed by atoms with Crippen LogP contribution in [0.25, 0.3) is 0 Å². The van der Waals surface area contributed by atoms with E-state index in [1.165, 1.54) is 19.3 Å². The molecule has 132 valence electrons. The molecule has 0 aromatic carbocycles. The van der Waals surface area contributed by atoms with Gasteiger partial charge >= 0.3 is 0 Å². The summed E-state index contributed by atoms with van der Waals surface area (Å²) in [7, 11) is 0. The highest BCUT2D eigenvalue weighted by Gasteiger charge is 2.41. The molecule has 5 nitrogen and oxygen atoms in total. The van der Waals surface area contributed by atoms with Crippen LogP contribution >= 0.6 is 12.4 Å². The second-order valence-electron chi connectivity index (χ2n) is 7.64. The van der Waals surface area contributed by atoms with E-state index in [0.717, 1.165) is 38.8 Å². The van der Waals surface area contributed by atoms with E-state index in [1.54, 1.807) is 0 Å². The molecule has 2 bridgehead atoms. The lowest BCUT2D eigenvalue weighted by molar-refractivity contribution is -0.140. The minimum absolute atomic E-state index is 0. The fourth-order valence-electron chi connectivity index (χ4n) is 4.89. The number of halogens is 1. The van der Waals surface area contributed by atoms with Crippen molar-refractivity contribution in [3.8, 4) is 0 Å². The number of hydrogen-bond donors (Lipinski definition) is 2. The summed E-state index contributed by atoms with van der Waals surface area (Å²) in [4.78, 5) is 25.8. The fourth-order valence-corrected chi connectivity index (χ4v) is 4.89. The third-order valence-electron chi connectivity index (χ3n) is 6.18. The van der Waals surface area contributed by atoms with Crippen LogP contribution in [0.15, 0.2) is 0 Å². The van der Waals surface area contributed by atoms with Crippen molar-refractivity contribution < 1.29 is 9.59 Å². The monoisotopic (exact) mass is 343 g/mol. The summed E-state index contributed by atoms with van der Waals surface area (Å²) in [5.41, 5.74) is 11.6. The molecule has 2 unspecified atom stereocenters. The molecular weight excluding hydrogens is 314 g/mol. The zero-order valence-corrected chi connectivity index (χ0v) is 14.6. The van der Waals surface area contributed by atoms with Gasteiger partial charge in [0.05, 0.1) is 0 Å². The molecule has 6 heteroatoms. The third kappa shape index (κ3) is 4.18. The van der Waals surface area contributed by atoms with Crippen LogP contribution in [0, 0.1) is 23.7 Å². The van der Waals surface area contributed by atoms with Gasteiger partial charge in [0.2, 0.25) is 11.8 Å². The van der Waals surface area contributed by atoms with E-state index in [2.05, 4.69) is 0 Å². The van der Waals surface area contributed by atoms with Crippen molar-refractivity contribution in [2.24, 2.45) is 35.1 Å². The van der Waals surface area contributed by atoms with E-state index in [0.29, 0.717) is 36.1 Å². The van der Waals surface area contributed by atoms with Gasteiger partial charge in [0.15, 0.2) is 0 Å². The van der Waals surface area contributed by atoms with Gasteiger partial charge in [-0.2, -0.15) is 0 Å². The molecule has 2 aliphatic carbocycles. The summed E-state index contributed by atoms with van der Waals surface area (Å²) in [6.45, 7) is 1.57. The summed E-state index contributed by atoms with van der Waals surface area (Å²) in [6.07, 6.45) is 7.92. The molecule has 23 heavy (non-hydrogen) atoms. The van der Waals surface area contributed by atoms with E-state index in [9.17, 15) is 9.59 Å². The highest BCUT2D eigenvalue weighted by atomic mass is 35.5. The molecule has 1 heterocycles. The molecule has 0 aromatic heterocycles. The van der Waals surface area contributed by atoms with Gasteiger partial charge in [0, 0.05) is 31.5 Å². The molecular formula is C17H30ClN3O2. The van der Waals surface area contributed by atoms with Gasteiger partial charge in [-0.25, -0.2) is 0 Å². The highest BCUT2D eigenvalue weighted by Crippen LogP contribution is 2.42. The number of nitrogens with zero attached hydrogens (tertiary/aromatic N) is 1. The van der Waals surface area contributed by atoms with E-state index in [4.69, 9.17) is 11.5 Å². The molecule has 2 saturated carbocycles. The molecule has 0 spiro atoms. The Morgan fingerprint density at radius 3 is 2.09 bits per heavy atom. The van der Waals surface area contributed by atoms with Crippen molar-refractivity contribution in [1.29, 1.82) is 0 Å². The Morgan fingerprint density at radius 1 is 1.00 bits per heavy atom. The van der Waals surface area contributed by atoms with E-state index in [-0.39, 0.29) is 24.2 Å². The first-order chi connectivity index (χ1) is 10.5. The Bertz CT molecular complexity index is 424. The number of carbonyl (C=O) groups excluding carboxylic acids is 2. The van der Waals surface area contributed by atoms with Crippen molar-refractivity contribution in [1.82, 2.24) is 4.90 Å². The molecule has 1 aliphatic heterocycles. The topological polar surface area (TPSA) is 89.4 Å². The lowest BCUT2D eigenvalue weighted by Gasteiger charge is -2.45. The molecule has 0 aromatic rings. The average molecular weight is 344 g/mol. The predicted molar refractivity (Wildman–Crippen MR) is 91.9 cm³/mol. The van der Waals surface area contributed by atoms with Crippen LogP contribution in [-0.4, -0.2) is 35.8 Å². The summed E-state index contributed by atoms with van der Waals surface area (Å²) in [5, 5.41) is 0. The van der Waals surface area contributed by atoms with E-state index in [1.807, 2.05) is 4.90 Å². The number of piperidine rings is 1. The van der Waals surface area contributed by atoms with Crippen molar-refractivity contribution in [3.63, 3.8) is 0 Å². The van der Waals surface area contributed by atoms with Gasteiger partial charge in [-0.1, -0.05) is 6.42 Å². The smallest absolute Gasteiger partial charge is 0.225 e. The molecule has 4 N–H and O–H groups in total. The molecule has 1 saturated heterocycles. The number of hydrogen-bond acceptors (Lipinski definition) is 3. The summed E-state index contributed by atoms with van der Waals surface area (Å²) >= 11 is 0. The number of fused-ring (bicyclic) bond motifs is 2. The molecule has 3 fully saturated rings. The zero-order chi connectivity index (χ0) is 15.7. The maximum absolute atomic E-state index is 12.8. The number of primary amides is 1. The van der Waals surface area contributed by atoms with Crippen LogP contribution in [0.4, 0.5) is 0 Å². The van der Waals surface area contributed by atoms with Gasteiger partial charge in [0.25, 0.3) is 0 Å². The highest BCUT2D eigenvalue weighted by molar-refractivity contribution is 5.85. The van der Waals surface area contributed by atoms with Crippen LogP contribution in [0.5, 0.6) is 0 Å². The lowest BCUT2D eigenvalue weighted by Crippen LogP contribution is -2.50. The first-order valence-corrected chi connectivity index (χ1v) is 8.87. The zero-order valence-electron chi connectivity index (χ0n) is 13.8. The van der Waals surface area contributed by atoms with Gasteiger partial charge in [-0.15, -0.1) is 12.4 Å². The van der Waals surface area contributed by atoms with Crippen molar-refractivity contribution in [3.05, 3.63) is 0 Å². The summed E-state index contributed by atoms with van der Waals surface area (Å²) in [5.74, 6) is 1.76. The number of rotatable bonds is 3. The second kappa shape index (κ2) is 7.84. The summed E-state index contributed by atoms with van der Waals surface area (Å²) in [6, 6.07) is 0.319. The van der Waals surface area contributed by atoms with Crippen LogP contribution < -0.4 is 11.5 Å². The van der Waals surface area contributed by atoms with Crippen molar-refractivity contribution >= 4 is 24.2 Å². The van der Waals surface area contributed by atoms with Crippen LogP contribution in [0.3, 0.4) is 0 Å². The largest absolute Gasteiger partial charge is 0.370 e. The third-order valence-corrected chi connectivity index (χ3v) is 6.18. The van der Waals surface area contributed by atoms with Gasteiger partial charge in [0.1, 0.15) is 0 Å². The molecule has 3 rings (SSSR count). The van der Waals surface area contributed by atoms with Crippen molar-refractivity contribution in [2.45, 2.75) is 57.4 Å². The van der Waals surface area contributed by atoms with Gasteiger partial charge in [-0.3, -0.25) is 9.59 Å². The number of likely N-dealkylation sites (tertiary alicyclic amines) is 1. The van der Waals surface area contributed by atoms with Crippen LogP contribution in [0.2, 0.25) is 0 Å². The Morgan fingerprint density at radius 2 is 1.57 bits per heavy atom. The predicted octanol–water partition coefficient (Wildman–Crippen LogP) is 1.68. The average Bonchev–Trinajstić information content (AvgIpc) is 2.46. The first kappa shape index (κ1) is 18.5. The minimum Gasteiger partial charge on any atom is -0.370 e. The molecule has 3 aliphatic rings. The minimum atomic E-state index is -0.223. The molecule has 2 amide bonds. The Hall–Kier alpha value is -0.810. The standard InChI is InChI=1S/C17H29N3O2.ClH/c18-15(21)8-11-4-6-20(7-5-11)17(22)14-9-12-2-1-3-13(10-14)16(12)19;/h11-14,16H,1-10,19H2,(H2,18,21);1H. The lowest BCUT2D eigenvalue weighted by atomic mass is 9.65. The van der Waals surface area contributed by atoms with Crippen LogP contribution in [0.1, 0.15) is 51.4 Å². The number of nitrogens with two attached hydrogens (primary N) is 2. The SMILES string of the molecule is Cl.NC(=O)CC1CCN(C(=O)C2CC3CCCC(C2)C3N)CC1. The second-order valence-corrected chi connectivity index (χ2v) is 7.64. The Labute approximate surface area is 144 Å². The number of carbonyl (C=O) groups is 2. The van der Waals surface area contributed by atoms with E-state index >= 15 is 0 Å². The van der Waals surface area contributed by atoms with Crippen molar-refractivity contribution in [2.75, 3.05) is 13.1 Å². The fraction of sp³-hybridized carbons (Fsp3) is 0.882. The normalized spacial score (nSPS) is 34.6. The Balaban J connectivity index is 0.00000192. The Kier molecular flexibility index (Phi) is 6.32. The number of amides is 2. The maximum Gasteiger partial charge on any atom is 0.225 e. The molecule has 2 atom stereocenters. The van der Waals surface area contributed by atoms with Crippen LogP contribution in [-0.2, 0) is 9.59 Å². The summed E-state index contributed by atoms with van der Waals surface area (Å²) < 4.78 is 0. The van der Waals surface area contributed by atoms with Gasteiger partial charge in [-0.05, 0) is 56.3 Å². The quantitative estimate of drug-likeness (QED) is 0.816. The first-order valence-electron chi connectivity index (χ1n) is 8.87.